The zero-order valence-electron chi connectivity index (χ0n) is 16.2. The largest absolute Gasteiger partial charge is 0.493 e. The molecule has 0 atom stereocenters. The third-order valence-electron chi connectivity index (χ3n) is 3.91. The van der Waals surface area contributed by atoms with E-state index in [1.807, 2.05) is 6.07 Å². The number of rotatable bonds is 11. The van der Waals surface area contributed by atoms with Gasteiger partial charge in [0.05, 0.1) is 21.3 Å². The number of unbranched alkanes of at least 4 members (excludes halogenated alkanes) is 1. The van der Waals surface area contributed by atoms with Gasteiger partial charge in [0, 0.05) is 29.9 Å². The summed E-state index contributed by atoms with van der Waals surface area (Å²) >= 11 is 0. The number of carbonyl (C=O) groups is 1. The Morgan fingerprint density at radius 3 is 2.32 bits per heavy atom. The van der Waals surface area contributed by atoms with Crippen molar-refractivity contribution < 1.29 is 28.9 Å². The molecule has 0 amide bonds. The first-order valence-corrected chi connectivity index (χ1v) is 8.73. The number of ether oxygens (including phenoxy) is 3. The summed E-state index contributed by atoms with van der Waals surface area (Å²) in [7, 11) is 4.62. The van der Waals surface area contributed by atoms with Gasteiger partial charge in [0.15, 0.2) is 11.5 Å². The molecule has 1 heterocycles. The Morgan fingerprint density at radius 2 is 1.79 bits per heavy atom. The second-order valence-corrected chi connectivity index (χ2v) is 5.78. The Morgan fingerprint density at radius 1 is 1.07 bits per heavy atom. The van der Waals surface area contributed by atoms with E-state index in [1.54, 1.807) is 44.8 Å². The second-order valence-electron chi connectivity index (χ2n) is 5.78. The normalized spacial score (nSPS) is 11.0. The SMILES string of the molecule is COc1cc(/C(=N\OCCCCC(=O)O)c2cccnc2)cc(OC)c1OC. The van der Waals surface area contributed by atoms with Crippen LogP contribution in [0, 0.1) is 0 Å². The molecule has 0 radical (unpaired) electrons. The van der Waals surface area contributed by atoms with Crippen LogP contribution in [0.15, 0.2) is 41.8 Å². The number of aliphatic carboxylic acids is 1. The van der Waals surface area contributed by atoms with Gasteiger partial charge in [0.25, 0.3) is 0 Å². The Hall–Kier alpha value is -3.29. The lowest BCUT2D eigenvalue weighted by Gasteiger charge is -2.15. The summed E-state index contributed by atoms with van der Waals surface area (Å²) in [6, 6.07) is 7.22. The number of methoxy groups -OCH3 is 3. The standard InChI is InChI=1S/C20H24N2O6/c1-25-16-11-15(12-17(26-2)20(16)27-3)19(14-7-6-9-21-13-14)22-28-10-5-4-8-18(23)24/h6-7,9,11-13H,4-5,8,10H2,1-3H3,(H,23,24)/b22-19-. The number of oxime groups is 1. The lowest BCUT2D eigenvalue weighted by Crippen LogP contribution is -2.07. The van der Waals surface area contributed by atoms with Gasteiger partial charge in [0.2, 0.25) is 5.75 Å². The molecule has 2 aromatic rings. The zero-order valence-corrected chi connectivity index (χ0v) is 16.2. The maximum atomic E-state index is 10.6. The fraction of sp³-hybridized carbons (Fsp3) is 0.350. The van der Waals surface area contributed by atoms with Gasteiger partial charge in [-0.05, 0) is 37.1 Å². The van der Waals surface area contributed by atoms with Crippen LogP contribution in [0.3, 0.4) is 0 Å². The lowest BCUT2D eigenvalue weighted by atomic mass is 10.0. The van der Waals surface area contributed by atoms with Gasteiger partial charge < -0.3 is 24.2 Å². The van der Waals surface area contributed by atoms with Crippen molar-refractivity contribution in [3.63, 3.8) is 0 Å². The van der Waals surface area contributed by atoms with Crippen LogP contribution < -0.4 is 14.2 Å². The minimum absolute atomic E-state index is 0.107. The molecule has 0 aliphatic heterocycles. The van der Waals surface area contributed by atoms with Gasteiger partial charge in [-0.2, -0.15) is 0 Å². The number of benzene rings is 1. The smallest absolute Gasteiger partial charge is 0.303 e. The van der Waals surface area contributed by atoms with Crippen LogP contribution in [0.2, 0.25) is 0 Å². The first-order valence-electron chi connectivity index (χ1n) is 8.73. The van der Waals surface area contributed by atoms with Crippen LogP contribution >= 0.6 is 0 Å². The predicted molar refractivity (Wildman–Crippen MR) is 103 cm³/mol. The van der Waals surface area contributed by atoms with Crippen LogP contribution in [0.5, 0.6) is 17.2 Å². The molecule has 8 nitrogen and oxygen atoms in total. The average Bonchev–Trinajstić information content (AvgIpc) is 2.72. The van der Waals surface area contributed by atoms with Gasteiger partial charge in [0.1, 0.15) is 12.3 Å². The number of nitrogens with zero attached hydrogens (tertiary/aromatic N) is 2. The van der Waals surface area contributed by atoms with Gasteiger partial charge >= 0.3 is 5.97 Å². The summed E-state index contributed by atoms with van der Waals surface area (Å²) in [4.78, 5) is 20.2. The van der Waals surface area contributed by atoms with Crippen LogP contribution in [-0.2, 0) is 9.63 Å². The monoisotopic (exact) mass is 388 g/mol. The minimum atomic E-state index is -0.822. The molecule has 1 aromatic carbocycles. The minimum Gasteiger partial charge on any atom is -0.493 e. The molecule has 1 aromatic heterocycles. The highest BCUT2D eigenvalue weighted by Crippen LogP contribution is 2.38. The highest BCUT2D eigenvalue weighted by atomic mass is 16.6. The van der Waals surface area contributed by atoms with Crippen molar-refractivity contribution in [1.29, 1.82) is 0 Å². The Kier molecular flexibility index (Phi) is 8.08. The number of aromatic nitrogens is 1. The third kappa shape index (κ3) is 5.60. The molecule has 28 heavy (non-hydrogen) atoms. The van der Waals surface area contributed by atoms with Crippen LogP contribution in [0.1, 0.15) is 30.4 Å². The molecule has 150 valence electrons. The van der Waals surface area contributed by atoms with Crippen molar-refractivity contribution in [2.45, 2.75) is 19.3 Å². The third-order valence-corrected chi connectivity index (χ3v) is 3.91. The Labute approximate surface area is 163 Å². The molecule has 8 heteroatoms. The van der Waals surface area contributed by atoms with E-state index in [0.717, 1.165) is 5.56 Å². The van der Waals surface area contributed by atoms with E-state index < -0.39 is 5.97 Å². The number of hydrogen-bond acceptors (Lipinski definition) is 7. The first-order chi connectivity index (χ1) is 13.6. The fourth-order valence-corrected chi connectivity index (χ4v) is 2.55. The molecule has 0 aliphatic rings. The van der Waals surface area contributed by atoms with E-state index in [-0.39, 0.29) is 6.42 Å². The molecule has 0 spiro atoms. The van der Waals surface area contributed by atoms with Crippen LogP contribution in [0.25, 0.3) is 0 Å². The van der Waals surface area contributed by atoms with Crippen LogP contribution in [-0.4, -0.2) is 49.7 Å². The molecule has 0 fully saturated rings. The average molecular weight is 388 g/mol. The van der Waals surface area contributed by atoms with E-state index in [1.165, 1.54) is 7.11 Å². The fourth-order valence-electron chi connectivity index (χ4n) is 2.55. The molecular formula is C20H24N2O6. The quantitative estimate of drug-likeness (QED) is 0.359. The van der Waals surface area contributed by atoms with Crippen molar-refractivity contribution in [2.75, 3.05) is 27.9 Å². The number of hydrogen-bond donors (Lipinski definition) is 1. The Balaban J connectivity index is 2.32. The molecule has 0 saturated heterocycles. The molecule has 0 unspecified atom stereocenters. The van der Waals surface area contributed by atoms with E-state index in [2.05, 4.69) is 10.1 Å². The van der Waals surface area contributed by atoms with Crippen molar-refractivity contribution in [1.82, 2.24) is 4.98 Å². The summed E-state index contributed by atoms with van der Waals surface area (Å²) < 4.78 is 16.2. The highest BCUT2D eigenvalue weighted by molar-refractivity contribution is 6.13. The molecule has 0 bridgehead atoms. The van der Waals surface area contributed by atoms with Crippen molar-refractivity contribution >= 4 is 11.7 Å². The van der Waals surface area contributed by atoms with E-state index in [0.29, 0.717) is 48.0 Å². The molecular weight excluding hydrogens is 364 g/mol. The van der Waals surface area contributed by atoms with Gasteiger partial charge in [-0.3, -0.25) is 9.78 Å². The molecule has 0 saturated carbocycles. The summed E-state index contributed by atoms with van der Waals surface area (Å²) in [6.45, 7) is 0.307. The molecule has 2 rings (SSSR count). The van der Waals surface area contributed by atoms with Crippen molar-refractivity contribution in [3.05, 3.63) is 47.8 Å². The number of carboxylic acids is 1. The van der Waals surface area contributed by atoms with E-state index >= 15 is 0 Å². The summed E-state index contributed by atoms with van der Waals surface area (Å²) in [5, 5.41) is 13.0. The van der Waals surface area contributed by atoms with Gasteiger partial charge in [-0.1, -0.05) is 5.16 Å². The van der Waals surface area contributed by atoms with E-state index in [4.69, 9.17) is 24.2 Å². The van der Waals surface area contributed by atoms with Gasteiger partial charge in [-0.15, -0.1) is 0 Å². The predicted octanol–water partition coefficient (Wildman–Crippen LogP) is 3.13. The van der Waals surface area contributed by atoms with E-state index in [9.17, 15) is 4.79 Å². The summed E-state index contributed by atoms with van der Waals surface area (Å²) in [6.07, 6.45) is 4.57. The van der Waals surface area contributed by atoms with Gasteiger partial charge in [-0.25, -0.2) is 0 Å². The Bertz CT molecular complexity index is 783. The first kappa shape index (κ1) is 21.0. The lowest BCUT2D eigenvalue weighted by molar-refractivity contribution is -0.137. The summed E-state index contributed by atoms with van der Waals surface area (Å²) in [5.74, 6) is 0.649. The molecule has 0 aliphatic carbocycles. The van der Waals surface area contributed by atoms with Crippen molar-refractivity contribution in [2.24, 2.45) is 5.16 Å². The topological polar surface area (TPSA) is 99.5 Å². The second kappa shape index (κ2) is 10.8. The summed E-state index contributed by atoms with van der Waals surface area (Å²) in [5.41, 5.74) is 2.00. The zero-order chi connectivity index (χ0) is 20.4. The molecule has 1 N–H and O–H groups in total. The maximum Gasteiger partial charge on any atom is 0.303 e. The van der Waals surface area contributed by atoms with Crippen molar-refractivity contribution in [3.8, 4) is 17.2 Å². The number of carboxylic acid groups (broad SMARTS) is 1. The number of pyridine rings is 1. The highest BCUT2D eigenvalue weighted by Gasteiger charge is 2.17. The maximum absolute atomic E-state index is 10.6. The van der Waals surface area contributed by atoms with Crippen LogP contribution in [0.4, 0.5) is 0 Å².